The fourth-order valence-corrected chi connectivity index (χ4v) is 2.33. The maximum absolute atomic E-state index is 12.0. The van der Waals surface area contributed by atoms with Gasteiger partial charge in [0.2, 0.25) is 5.91 Å². The minimum atomic E-state index is -0.180. The Morgan fingerprint density at radius 1 is 1.41 bits per heavy atom. The van der Waals surface area contributed by atoms with Gasteiger partial charge < -0.3 is 4.90 Å². The van der Waals surface area contributed by atoms with E-state index in [4.69, 9.17) is 23.2 Å². The Balaban J connectivity index is 2.07. The molecule has 8 heteroatoms. The van der Waals surface area contributed by atoms with E-state index in [0.717, 1.165) is 6.54 Å². The van der Waals surface area contributed by atoms with E-state index < -0.39 is 0 Å². The predicted octanol–water partition coefficient (Wildman–Crippen LogP) is 2.62. The number of hydrogen-bond acceptors (Lipinski definition) is 3. The Hall–Kier alpha value is -1.79. The molecule has 0 saturated carbocycles. The average Bonchev–Trinajstić information content (AvgIpc) is 3.08. The van der Waals surface area contributed by atoms with Crippen molar-refractivity contribution < 1.29 is 4.79 Å². The number of halogens is 2. The normalized spacial score (nSPS) is 10.7. The molecule has 118 valence electrons. The quantitative estimate of drug-likeness (QED) is 0.727. The zero-order chi connectivity index (χ0) is 16.1. The topological polar surface area (TPSA) is 56.0 Å². The smallest absolute Gasteiger partial charge is 0.246 e. The lowest BCUT2D eigenvalue weighted by Gasteiger charge is -2.20. The highest BCUT2D eigenvalue weighted by molar-refractivity contribution is 6.31. The zero-order valence-electron chi connectivity index (χ0n) is 12.2. The molecule has 0 aliphatic rings. The summed E-state index contributed by atoms with van der Waals surface area (Å²) in [6.07, 6.45) is 6.29. The first-order valence-corrected chi connectivity index (χ1v) is 7.60. The van der Waals surface area contributed by atoms with Crippen LogP contribution in [0.2, 0.25) is 10.0 Å². The van der Waals surface area contributed by atoms with Crippen molar-refractivity contribution in [3.63, 3.8) is 0 Å². The Morgan fingerprint density at radius 3 is 2.73 bits per heavy atom. The van der Waals surface area contributed by atoms with E-state index in [1.807, 2.05) is 6.92 Å². The number of rotatable bonds is 7. The highest BCUT2D eigenvalue weighted by Gasteiger charge is 2.15. The van der Waals surface area contributed by atoms with Crippen LogP contribution in [0.5, 0.6) is 0 Å². The SMILES string of the molecule is C=CC(=O)N(CCn1cc(Cl)cn1)Cc1nn(CC)cc1Cl. The summed E-state index contributed by atoms with van der Waals surface area (Å²) in [4.78, 5) is 13.6. The molecule has 0 aromatic carbocycles. The van der Waals surface area contributed by atoms with E-state index in [9.17, 15) is 4.79 Å². The van der Waals surface area contributed by atoms with E-state index in [-0.39, 0.29) is 5.91 Å². The van der Waals surface area contributed by atoms with Crippen LogP contribution in [0.3, 0.4) is 0 Å². The van der Waals surface area contributed by atoms with Crippen molar-refractivity contribution in [1.29, 1.82) is 0 Å². The molecule has 0 spiro atoms. The molecule has 2 aromatic rings. The third-order valence-corrected chi connectivity index (χ3v) is 3.65. The number of carbonyl (C=O) groups excluding carboxylic acids is 1. The molecule has 0 radical (unpaired) electrons. The summed E-state index contributed by atoms with van der Waals surface area (Å²) in [7, 11) is 0. The first-order chi connectivity index (χ1) is 10.5. The van der Waals surface area contributed by atoms with E-state index >= 15 is 0 Å². The standard InChI is InChI=1S/C14H17Cl2N5O/c1-3-14(22)19(5-6-21-8-11(15)7-17-21)10-13-12(16)9-20(4-2)18-13/h3,7-9H,1,4-6,10H2,2H3. The van der Waals surface area contributed by atoms with Gasteiger partial charge in [0.05, 0.1) is 29.3 Å². The van der Waals surface area contributed by atoms with Crippen LogP contribution in [0.1, 0.15) is 12.6 Å². The van der Waals surface area contributed by atoms with Crippen molar-refractivity contribution in [1.82, 2.24) is 24.5 Å². The first kappa shape index (κ1) is 16.6. The summed E-state index contributed by atoms with van der Waals surface area (Å²) < 4.78 is 3.42. The Bertz CT molecular complexity index is 664. The third-order valence-electron chi connectivity index (χ3n) is 3.14. The molecule has 6 nitrogen and oxygen atoms in total. The van der Waals surface area contributed by atoms with Gasteiger partial charge in [0.1, 0.15) is 5.69 Å². The van der Waals surface area contributed by atoms with Crippen LogP contribution in [0.25, 0.3) is 0 Å². The van der Waals surface area contributed by atoms with E-state index in [0.29, 0.717) is 35.4 Å². The minimum Gasteiger partial charge on any atom is -0.331 e. The number of carbonyl (C=O) groups is 1. The number of hydrogen-bond donors (Lipinski definition) is 0. The molecule has 0 N–H and O–H groups in total. The second kappa shape index (κ2) is 7.47. The molecule has 0 unspecified atom stereocenters. The fourth-order valence-electron chi connectivity index (χ4n) is 1.97. The summed E-state index contributed by atoms with van der Waals surface area (Å²) in [6.45, 7) is 7.54. The van der Waals surface area contributed by atoms with Crippen LogP contribution in [-0.2, 0) is 24.4 Å². The van der Waals surface area contributed by atoms with Gasteiger partial charge >= 0.3 is 0 Å². The van der Waals surface area contributed by atoms with Crippen molar-refractivity contribution in [3.05, 3.63) is 47.0 Å². The summed E-state index contributed by atoms with van der Waals surface area (Å²) in [5.41, 5.74) is 0.664. The number of nitrogens with zero attached hydrogens (tertiary/aromatic N) is 5. The molecule has 2 rings (SSSR count). The van der Waals surface area contributed by atoms with Gasteiger partial charge in [0.25, 0.3) is 0 Å². The van der Waals surface area contributed by atoms with Crippen LogP contribution in [0.15, 0.2) is 31.2 Å². The Kier molecular flexibility index (Phi) is 5.63. The molecule has 22 heavy (non-hydrogen) atoms. The van der Waals surface area contributed by atoms with Gasteiger partial charge in [-0.2, -0.15) is 10.2 Å². The Labute approximate surface area is 138 Å². The van der Waals surface area contributed by atoms with E-state index in [1.165, 1.54) is 6.08 Å². The van der Waals surface area contributed by atoms with Crippen molar-refractivity contribution in [2.75, 3.05) is 6.54 Å². The van der Waals surface area contributed by atoms with Crippen LogP contribution in [0, 0.1) is 0 Å². The second-order valence-corrected chi connectivity index (χ2v) is 5.51. The van der Waals surface area contributed by atoms with Gasteiger partial charge in [-0.25, -0.2) is 0 Å². The molecule has 0 bridgehead atoms. The Morgan fingerprint density at radius 2 is 2.18 bits per heavy atom. The maximum atomic E-state index is 12.0. The molecule has 1 amide bonds. The molecule has 0 fully saturated rings. The third kappa shape index (κ3) is 4.11. The number of aromatic nitrogens is 4. The van der Waals surface area contributed by atoms with Crippen molar-refractivity contribution >= 4 is 29.1 Å². The van der Waals surface area contributed by atoms with Crippen molar-refractivity contribution in [2.45, 2.75) is 26.6 Å². The lowest BCUT2D eigenvalue weighted by atomic mass is 10.3. The largest absolute Gasteiger partial charge is 0.331 e. The predicted molar refractivity (Wildman–Crippen MR) is 85.8 cm³/mol. The van der Waals surface area contributed by atoms with Crippen LogP contribution in [0.4, 0.5) is 0 Å². The molecule has 0 aliphatic carbocycles. The summed E-state index contributed by atoms with van der Waals surface area (Å²) in [5, 5.41) is 9.56. The molecule has 2 heterocycles. The van der Waals surface area contributed by atoms with Crippen LogP contribution >= 0.6 is 23.2 Å². The van der Waals surface area contributed by atoms with Crippen molar-refractivity contribution in [2.24, 2.45) is 0 Å². The number of amides is 1. The van der Waals surface area contributed by atoms with Crippen LogP contribution < -0.4 is 0 Å². The summed E-state index contributed by atoms with van der Waals surface area (Å²) in [6, 6.07) is 0. The molecule has 2 aromatic heterocycles. The molecule has 0 aliphatic heterocycles. The van der Waals surface area contributed by atoms with Gasteiger partial charge in [-0.05, 0) is 13.0 Å². The highest BCUT2D eigenvalue weighted by Crippen LogP contribution is 2.16. The van der Waals surface area contributed by atoms with Gasteiger partial charge in [0, 0.05) is 25.5 Å². The summed E-state index contributed by atoms with van der Waals surface area (Å²) >= 11 is 12.0. The number of aryl methyl sites for hydroxylation is 1. The average molecular weight is 342 g/mol. The monoisotopic (exact) mass is 341 g/mol. The fraction of sp³-hybridized carbons (Fsp3) is 0.357. The molecule has 0 atom stereocenters. The first-order valence-electron chi connectivity index (χ1n) is 6.84. The van der Waals surface area contributed by atoms with Gasteiger partial charge in [-0.3, -0.25) is 14.2 Å². The van der Waals surface area contributed by atoms with Crippen molar-refractivity contribution in [3.8, 4) is 0 Å². The second-order valence-electron chi connectivity index (χ2n) is 4.66. The molecule has 0 saturated heterocycles. The minimum absolute atomic E-state index is 0.180. The van der Waals surface area contributed by atoms with E-state index in [1.54, 1.807) is 32.9 Å². The van der Waals surface area contributed by atoms with Crippen LogP contribution in [-0.4, -0.2) is 36.9 Å². The van der Waals surface area contributed by atoms with Gasteiger partial charge in [0.15, 0.2) is 0 Å². The highest BCUT2D eigenvalue weighted by atomic mass is 35.5. The van der Waals surface area contributed by atoms with Gasteiger partial charge in [-0.15, -0.1) is 0 Å². The molecular weight excluding hydrogens is 325 g/mol. The van der Waals surface area contributed by atoms with E-state index in [2.05, 4.69) is 16.8 Å². The molecular formula is C14H17Cl2N5O. The lowest BCUT2D eigenvalue weighted by molar-refractivity contribution is -0.126. The zero-order valence-corrected chi connectivity index (χ0v) is 13.8. The summed E-state index contributed by atoms with van der Waals surface area (Å²) in [5.74, 6) is -0.180. The maximum Gasteiger partial charge on any atom is 0.246 e. The van der Waals surface area contributed by atoms with Gasteiger partial charge in [-0.1, -0.05) is 29.8 Å². The lowest BCUT2D eigenvalue weighted by Crippen LogP contribution is -2.32.